The minimum atomic E-state index is -4.76. The molecule has 0 fully saturated rings. The van der Waals surface area contributed by atoms with Crippen LogP contribution in [0.25, 0.3) is 124 Å². The van der Waals surface area contributed by atoms with Gasteiger partial charge in [0, 0.05) is 59.3 Å². The minimum Gasteiger partial charge on any atom is -0.206 e. The molecule has 3 spiro atoms. The Morgan fingerprint density at radius 3 is 1.06 bits per heavy atom. The summed E-state index contributed by atoms with van der Waals surface area (Å²) in [5.74, 6) is -3.63. The highest BCUT2D eigenvalue weighted by atomic mass is 19.4. The molecule has 33 heteroatoms. The van der Waals surface area contributed by atoms with Crippen LogP contribution in [-0.4, -0.2) is 88.6 Å². The summed E-state index contributed by atoms with van der Waals surface area (Å²) >= 11 is 0. The van der Waals surface area contributed by atoms with Gasteiger partial charge in [-0.15, -0.1) is 30.6 Å². The highest BCUT2D eigenvalue weighted by molar-refractivity contribution is 6.03. The average molecular weight is 1850 g/mol. The number of halogens is 9. The van der Waals surface area contributed by atoms with Crippen molar-refractivity contribution in [1.29, 1.82) is 0 Å². The number of fused-ring (bicyclic) bond motifs is 35. The van der Waals surface area contributed by atoms with Crippen molar-refractivity contribution in [3.05, 3.63) is 262 Å². The lowest BCUT2D eigenvalue weighted by molar-refractivity contribution is -0.990. The topological polar surface area (TPSA) is 208 Å². The van der Waals surface area contributed by atoms with Crippen LogP contribution >= 0.6 is 0 Å². The zero-order valence-corrected chi connectivity index (χ0v) is 79.8. The maximum Gasteiger partial charge on any atom is 0.586 e. The van der Waals surface area contributed by atoms with Crippen molar-refractivity contribution >= 4 is 32.3 Å². The molecule has 12 aromatic heterocycles. The van der Waals surface area contributed by atoms with Gasteiger partial charge in [-0.1, -0.05) is 267 Å². The molecule has 692 valence electrons. The lowest BCUT2D eigenvalue weighted by atomic mass is 9.84. The number of rotatable bonds is 6. The molecule has 0 N–H and O–H groups in total. The predicted octanol–water partition coefficient (Wildman–Crippen LogP) is 19.3. The van der Waals surface area contributed by atoms with Gasteiger partial charge in [-0.2, -0.15) is 54.5 Å². The van der Waals surface area contributed by atoms with Crippen LogP contribution in [0.15, 0.2) is 183 Å². The van der Waals surface area contributed by atoms with E-state index in [0.717, 1.165) is 88.3 Å². The Bertz CT molecular complexity index is 7900. The van der Waals surface area contributed by atoms with Crippen molar-refractivity contribution in [2.45, 2.75) is 241 Å². The Kier molecular flexibility index (Phi) is 19.1. The second kappa shape index (κ2) is 29.3. The molecule has 0 amide bonds. The number of pyridine rings is 6. The number of aryl methyl sites for hydroxylation is 3. The normalized spacial score (nSPS) is 17.0. The van der Waals surface area contributed by atoms with Crippen molar-refractivity contribution < 1.29 is 66.9 Å². The van der Waals surface area contributed by atoms with Gasteiger partial charge < -0.3 is 0 Å². The van der Waals surface area contributed by atoms with E-state index in [9.17, 15) is 39.5 Å². The summed E-state index contributed by atoms with van der Waals surface area (Å²) in [5.41, 5.74) is 16.7. The van der Waals surface area contributed by atoms with Crippen molar-refractivity contribution in [2.24, 2.45) is 0 Å². The Labute approximate surface area is 778 Å². The average Bonchev–Trinajstić information content (AvgIpc) is 1.50. The quantitative estimate of drug-likeness (QED) is 0.113. The molecule has 0 bridgehead atoms. The fraction of sp³-hybridized carbons (Fsp3) is 0.359. The SMILES string of the molecule is Cc1nc2n(n1)C1(n3nc(C(F)(F)F)nc3-c3c4ccc(-c5c(C(C)C)cccc5C(C)C)cc4cc[n+]31)[n+]1ccc(C(C)(C)C)cc1-2.Cc1nc2n(n1)C1(n3nc(C(F)(F)F)nc3-c3c4ccccc4c(-c4c(C(C)C)cccc4C(C)C)c[n+]31)[n+]1ccc(C(C)(C)C)cc1-2.Cc1nc2n(n1)C1(n3nc(C(F)(F)F)nc3-c3cc4cc(C(C)(C)C)ccc4c[n+]31)[n+]1ccc(C(C)(C)C)cc1-2. The molecule has 136 heavy (non-hydrogen) atoms. The number of alkyl halides is 9. The van der Waals surface area contributed by atoms with E-state index in [1.807, 2.05) is 137 Å². The summed E-state index contributed by atoms with van der Waals surface area (Å²) in [4.78, 5) is 26.7. The maximum absolute atomic E-state index is 14.4. The standard InChI is InChI=1S/2C37H37F3N8.C29H29F3N8/c1-20(2)24-14-11-15-25(21(3)4)30(24)28-19-46-31(27-13-10-9-12-26(27)28)33-42-34(36(38,39)40)44-48(33)37(46)45-17-16-23(35(6,7)8)18-29(45)32-41-22(5)43-47(32)37;1-20(2)26-10-9-11-27(21(3)4)30(26)24-12-13-28-23(18-24)14-16-46-31(28)33-42-34(36(38,39)40)44-48(33)37(46)45-17-15-25(35(6,7)8)19-29(45)32-41-22(5)43-47(32)37;1-16-33-23-22-14-20(27(5,6)7)10-11-37(22)29(39(23)35-16)38-15-17-8-9-19(26(2,3)4)12-18(17)13-21(38)24-34-25(28(30,31)32)36-40(24)29/h2*9-21H,1-8H3;8-15H,1-7H3/q3*+2. The lowest BCUT2D eigenvalue weighted by Crippen LogP contribution is -2.77. The van der Waals surface area contributed by atoms with E-state index in [0.29, 0.717) is 63.9 Å². The first-order valence-electron chi connectivity index (χ1n) is 45.8. The van der Waals surface area contributed by atoms with Crippen LogP contribution in [0.4, 0.5) is 39.5 Å². The van der Waals surface area contributed by atoms with E-state index < -0.39 is 53.7 Å². The smallest absolute Gasteiger partial charge is 0.206 e. The number of hydrogen-bond acceptors (Lipinski definition) is 12. The molecule has 3 unspecified atom stereocenters. The summed E-state index contributed by atoms with van der Waals surface area (Å²) in [7, 11) is 0. The Balaban J connectivity index is 0.000000123. The van der Waals surface area contributed by atoms with Gasteiger partial charge >= 0.3 is 36.3 Å². The highest BCUT2D eigenvalue weighted by Gasteiger charge is 2.76. The predicted molar refractivity (Wildman–Crippen MR) is 490 cm³/mol. The fourth-order valence-corrected chi connectivity index (χ4v) is 20.6. The largest absolute Gasteiger partial charge is 0.586 e. The van der Waals surface area contributed by atoms with Gasteiger partial charge in [-0.25, -0.2) is 15.0 Å². The molecule has 0 aliphatic carbocycles. The van der Waals surface area contributed by atoms with E-state index in [1.54, 1.807) is 34.8 Å². The van der Waals surface area contributed by atoms with Crippen molar-refractivity contribution in [3.8, 4) is 91.4 Å². The number of aromatic nitrogens is 24. The Morgan fingerprint density at radius 1 is 0.287 bits per heavy atom. The molecule has 0 saturated carbocycles. The van der Waals surface area contributed by atoms with Crippen LogP contribution in [0.1, 0.15) is 242 Å². The Morgan fingerprint density at radius 2 is 0.640 bits per heavy atom. The van der Waals surface area contributed by atoms with Gasteiger partial charge in [-0.3, -0.25) is 0 Å². The number of hydrogen-bond donors (Lipinski definition) is 0. The highest BCUT2D eigenvalue weighted by Crippen LogP contribution is 2.50. The molecule has 0 radical (unpaired) electrons. The second-order valence-electron chi connectivity index (χ2n) is 41.8. The van der Waals surface area contributed by atoms with Gasteiger partial charge in [0.1, 0.15) is 17.5 Å². The molecule has 18 heterocycles. The van der Waals surface area contributed by atoms with Crippen LogP contribution in [0, 0.1) is 20.8 Å². The van der Waals surface area contributed by atoms with E-state index in [-0.39, 0.29) is 51.0 Å². The maximum atomic E-state index is 14.4. The molecule has 17 aromatic rings. The molecule has 3 atom stereocenters. The van der Waals surface area contributed by atoms with Gasteiger partial charge in [-0.05, 0) is 162 Å². The van der Waals surface area contributed by atoms with Gasteiger partial charge in [0.25, 0.3) is 51.6 Å². The summed E-state index contributed by atoms with van der Waals surface area (Å²) in [5, 5.41) is 32.0. The third-order valence-electron chi connectivity index (χ3n) is 27.2. The molecule has 0 saturated heterocycles. The molecular weight excluding hydrogens is 1740 g/mol. The summed E-state index contributed by atoms with van der Waals surface area (Å²) in [6.45, 7) is 48.3. The number of benzene rings is 5. The zero-order valence-electron chi connectivity index (χ0n) is 79.8. The van der Waals surface area contributed by atoms with Crippen molar-refractivity contribution in [2.75, 3.05) is 0 Å². The zero-order chi connectivity index (χ0) is 96.7. The van der Waals surface area contributed by atoms with Crippen molar-refractivity contribution in [3.63, 3.8) is 0 Å². The second-order valence-corrected chi connectivity index (χ2v) is 41.8. The first kappa shape index (κ1) is 88.6. The van der Waals surface area contributed by atoms with Gasteiger partial charge in [0.2, 0.25) is 34.9 Å². The van der Waals surface area contributed by atoms with E-state index in [4.69, 9.17) is 30.2 Å². The third-order valence-corrected chi connectivity index (χ3v) is 27.2. The van der Waals surface area contributed by atoms with E-state index in [1.165, 1.54) is 41.9 Å². The first-order chi connectivity index (χ1) is 63.8. The molecular formula is C103H103F9N24+6. The summed E-state index contributed by atoms with van der Waals surface area (Å²) in [6.07, 6.45) is -2.62. The molecule has 24 nitrogen and oxygen atoms in total. The van der Waals surface area contributed by atoms with Crippen LogP contribution < -0.4 is 27.4 Å². The Hall–Kier alpha value is -14.0. The van der Waals surface area contributed by atoms with E-state index in [2.05, 4.69) is 242 Å². The van der Waals surface area contributed by atoms with Crippen LogP contribution in [0.2, 0.25) is 0 Å². The van der Waals surface area contributed by atoms with Crippen LogP contribution in [0.3, 0.4) is 0 Å². The monoisotopic (exact) mass is 1850 g/mol. The third kappa shape index (κ3) is 12.8. The van der Waals surface area contributed by atoms with E-state index >= 15 is 0 Å². The lowest BCUT2D eigenvalue weighted by Gasteiger charge is -2.22. The fourth-order valence-electron chi connectivity index (χ4n) is 20.6. The van der Waals surface area contributed by atoms with Crippen LogP contribution in [0.5, 0.6) is 0 Å². The van der Waals surface area contributed by atoms with Gasteiger partial charge in [0.05, 0.1) is 16.3 Å². The minimum absolute atomic E-state index is 0.0940. The molecule has 6 aliphatic heterocycles. The summed E-state index contributed by atoms with van der Waals surface area (Å²) in [6, 6.07) is 49.3. The molecule has 5 aromatic carbocycles. The van der Waals surface area contributed by atoms with Crippen LogP contribution in [-0.2, 0) is 57.9 Å². The molecule has 23 rings (SSSR count). The van der Waals surface area contributed by atoms with Crippen molar-refractivity contribution in [1.82, 2.24) is 88.6 Å². The molecule has 6 aliphatic rings. The number of nitrogens with zero attached hydrogens (tertiary/aromatic N) is 24. The summed E-state index contributed by atoms with van der Waals surface area (Å²) < 4.78 is 149. The first-order valence-corrected chi connectivity index (χ1v) is 45.8. The van der Waals surface area contributed by atoms with Gasteiger partial charge in [0.15, 0.2) is 37.2 Å².